The Morgan fingerprint density at radius 3 is 2.72 bits per heavy atom. The van der Waals surface area contributed by atoms with E-state index < -0.39 is 0 Å². The molecule has 1 nitrogen and oxygen atoms in total. The van der Waals surface area contributed by atoms with Crippen LogP contribution in [0.25, 0.3) is 0 Å². The molecule has 0 spiro atoms. The number of hydrogen-bond acceptors (Lipinski definition) is 2. The van der Waals surface area contributed by atoms with Gasteiger partial charge in [-0.25, -0.2) is 0 Å². The van der Waals surface area contributed by atoms with Crippen LogP contribution in [0, 0.1) is 6.92 Å². The van der Waals surface area contributed by atoms with Crippen molar-refractivity contribution in [3.63, 3.8) is 0 Å². The van der Waals surface area contributed by atoms with E-state index in [0.717, 1.165) is 12.2 Å². The van der Waals surface area contributed by atoms with Crippen LogP contribution in [0.5, 0.6) is 5.75 Å². The van der Waals surface area contributed by atoms with Crippen LogP contribution in [0.2, 0.25) is 0 Å². The topological polar surface area (TPSA) is 9.23 Å². The van der Waals surface area contributed by atoms with Crippen LogP contribution in [-0.4, -0.2) is 7.11 Å². The lowest BCUT2D eigenvalue weighted by molar-refractivity contribution is 0.414. The highest BCUT2D eigenvalue weighted by Crippen LogP contribution is 2.36. The third kappa shape index (κ3) is 3.37. The van der Waals surface area contributed by atoms with Gasteiger partial charge in [0.25, 0.3) is 0 Å². The molecule has 0 saturated carbocycles. The maximum atomic E-state index is 5.25. The first-order valence-electron chi connectivity index (χ1n) is 5.63. The van der Waals surface area contributed by atoms with Gasteiger partial charge in [-0.3, -0.25) is 0 Å². The summed E-state index contributed by atoms with van der Waals surface area (Å²) in [5, 5.41) is 0. The molecule has 0 amide bonds. The Hall–Kier alpha value is -0.320. The molecule has 1 aromatic heterocycles. The second-order valence-corrected chi connectivity index (χ2v) is 7.83. The number of methoxy groups -OCH3 is 1. The lowest BCUT2D eigenvalue weighted by atomic mass is 10.0. The van der Waals surface area contributed by atoms with E-state index >= 15 is 0 Å². The van der Waals surface area contributed by atoms with Gasteiger partial charge in [0.05, 0.1) is 10.9 Å². The molecule has 0 fully saturated rings. The average Bonchev–Trinajstić information content (AvgIpc) is 2.69. The Morgan fingerprint density at radius 2 is 2.11 bits per heavy atom. The van der Waals surface area contributed by atoms with Crippen molar-refractivity contribution >= 4 is 43.2 Å². The fourth-order valence-corrected chi connectivity index (χ4v) is 4.66. The first-order chi connectivity index (χ1) is 8.60. The third-order valence-corrected chi connectivity index (χ3v) is 5.20. The first kappa shape index (κ1) is 14.1. The molecular weight excluding hydrogens is 376 g/mol. The molecule has 0 bridgehead atoms. The fraction of sp³-hybridized carbons (Fsp3) is 0.286. The highest BCUT2D eigenvalue weighted by atomic mass is 79.9. The largest absolute Gasteiger partial charge is 0.497 e. The molecule has 2 aromatic rings. The quantitative estimate of drug-likeness (QED) is 0.626. The molecule has 1 atom stereocenters. The van der Waals surface area contributed by atoms with Crippen LogP contribution in [0.1, 0.15) is 20.8 Å². The number of benzene rings is 1. The zero-order chi connectivity index (χ0) is 13.1. The predicted molar refractivity (Wildman–Crippen MR) is 85.1 cm³/mol. The monoisotopic (exact) mass is 388 g/mol. The molecule has 0 aliphatic rings. The van der Waals surface area contributed by atoms with Gasteiger partial charge in [0.15, 0.2) is 0 Å². The average molecular weight is 390 g/mol. The summed E-state index contributed by atoms with van der Waals surface area (Å²) in [5.74, 6) is 0.912. The van der Waals surface area contributed by atoms with E-state index in [1.165, 1.54) is 19.8 Å². The van der Waals surface area contributed by atoms with Crippen LogP contribution in [0.15, 0.2) is 34.1 Å². The van der Waals surface area contributed by atoms with Gasteiger partial charge in [-0.2, -0.15) is 0 Å². The Bertz CT molecular complexity index is 536. The number of alkyl halides is 1. The van der Waals surface area contributed by atoms with Gasteiger partial charge >= 0.3 is 0 Å². The summed E-state index contributed by atoms with van der Waals surface area (Å²) in [6.07, 6.45) is 0.960. The lowest BCUT2D eigenvalue weighted by Gasteiger charge is -2.10. The second-order valence-electron chi connectivity index (χ2n) is 4.09. The summed E-state index contributed by atoms with van der Waals surface area (Å²) in [7, 11) is 1.70. The molecule has 0 saturated heterocycles. The molecule has 2 rings (SSSR count). The number of rotatable bonds is 4. The van der Waals surface area contributed by atoms with Gasteiger partial charge in [-0.1, -0.05) is 28.1 Å². The minimum absolute atomic E-state index is 0.340. The van der Waals surface area contributed by atoms with Crippen LogP contribution in [0.4, 0.5) is 0 Å². The molecular formula is C14H14Br2OS. The van der Waals surface area contributed by atoms with Crippen LogP contribution >= 0.6 is 43.2 Å². The highest BCUT2D eigenvalue weighted by molar-refractivity contribution is 9.11. The zero-order valence-corrected chi connectivity index (χ0v) is 14.2. The third-order valence-electron chi connectivity index (χ3n) is 2.81. The number of halogens is 2. The smallest absolute Gasteiger partial charge is 0.119 e. The van der Waals surface area contributed by atoms with Crippen molar-refractivity contribution in [1.29, 1.82) is 0 Å². The Morgan fingerprint density at radius 1 is 1.33 bits per heavy atom. The van der Waals surface area contributed by atoms with Gasteiger partial charge in [0.2, 0.25) is 0 Å². The summed E-state index contributed by atoms with van der Waals surface area (Å²) >= 11 is 9.09. The SMILES string of the molecule is COc1cccc(CC(Br)c2cc(Br)sc2C)c1. The molecule has 1 heterocycles. The summed E-state index contributed by atoms with van der Waals surface area (Å²) in [6.45, 7) is 2.16. The van der Waals surface area contributed by atoms with E-state index in [-0.39, 0.29) is 0 Å². The van der Waals surface area contributed by atoms with Crippen LogP contribution in [0.3, 0.4) is 0 Å². The fourth-order valence-electron chi connectivity index (χ4n) is 1.89. The Balaban J connectivity index is 2.15. The molecule has 0 aliphatic carbocycles. The predicted octanol–water partition coefficient (Wildman–Crippen LogP) is 5.51. The van der Waals surface area contributed by atoms with E-state index in [2.05, 4.69) is 57.0 Å². The first-order valence-corrected chi connectivity index (χ1v) is 8.15. The maximum Gasteiger partial charge on any atom is 0.119 e. The summed E-state index contributed by atoms with van der Waals surface area (Å²) in [4.78, 5) is 1.69. The van der Waals surface area contributed by atoms with Crippen LogP contribution in [-0.2, 0) is 6.42 Å². The van der Waals surface area contributed by atoms with E-state index in [4.69, 9.17) is 4.74 Å². The van der Waals surface area contributed by atoms with E-state index in [1.807, 2.05) is 12.1 Å². The van der Waals surface area contributed by atoms with Crippen molar-refractivity contribution in [2.45, 2.75) is 18.2 Å². The lowest BCUT2D eigenvalue weighted by Crippen LogP contribution is -1.96. The molecule has 18 heavy (non-hydrogen) atoms. The molecule has 1 aromatic carbocycles. The van der Waals surface area contributed by atoms with Gasteiger partial charge in [-0.15, -0.1) is 11.3 Å². The van der Waals surface area contributed by atoms with Gasteiger partial charge in [-0.05, 0) is 58.6 Å². The van der Waals surface area contributed by atoms with Gasteiger partial charge < -0.3 is 4.74 Å². The maximum absolute atomic E-state index is 5.25. The van der Waals surface area contributed by atoms with Gasteiger partial charge in [0.1, 0.15) is 5.75 Å². The minimum Gasteiger partial charge on any atom is -0.497 e. The number of hydrogen-bond donors (Lipinski definition) is 0. The van der Waals surface area contributed by atoms with Crippen molar-refractivity contribution in [3.05, 3.63) is 50.1 Å². The van der Waals surface area contributed by atoms with Crippen LogP contribution < -0.4 is 4.74 Å². The summed E-state index contributed by atoms with van der Waals surface area (Å²) in [5.41, 5.74) is 2.63. The Kier molecular flexibility index (Phi) is 4.87. The highest BCUT2D eigenvalue weighted by Gasteiger charge is 2.14. The number of thiophene rings is 1. The summed E-state index contributed by atoms with van der Waals surface area (Å²) < 4.78 is 6.43. The van der Waals surface area contributed by atoms with Crippen molar-refractivity contribution in [2.75, 3.05) is 7.11 Å². The summed E-state index contributed by atoms with van der Waals surface area (Å²) in [6, 6.07) is 10.4. The molecule has 0 N–H and O–H groups in total. The molecule has 96 valence electrons. The van der Waals surface area contributed by atoms with Crippen molar-refractivity contribution in [2.24, 2.45) is 0 Å². The second kappa shape index (κ2) is 6.22. The van der Waals surface area contributed by atoms with E-state index in [0.29, 0.717) is 4.83 Å². The van der Waals surface area contributed by atoms with Crippen molar-refractivity contribution in [3.8, 4) is 5.75 Å². The van der Waals surface area contributed by atoms with E-state index in [9.17, 15) is 0 Å². The van der Waals surface area contributed by atoms with E-state index in [1.54, 1.807) is 18.4 Å². The molecule has 4 heteroatoms. The normalized spacial score (nSPS) is 12.4. The standard InChI is InChI=1S/C14H14Br2OS/c1-9-12(8-14(16)18-9)13(15)7-10-4-3-5-11(6-10)17-2/h3-6,8,13H,7H2,1-2H3. The molecule has 1 unspecified atom stereocenters. The number of ether oxygens (including phenoxy) is 1. The molecule has 0 aliphatic heterocycles. The van der Waals surface area contributed by atoms with Crippen molar-refractivity contribution in [1.82, 2.24) is 0 Å². The number of aryl methyl sites for hydroxylation is 1. The molecule has 0 radical (unpaired) electrons. The Labute approximate surface area is 128 Å². The van der Waals surface area contributed by atoms with Crippen molar-refractivity contribution < 1.29 is 4.74 Å². The van der Waals surface area contributed by atoms with Gasteiger partial charge in [0, 0.05) is 9.70 Å². The minimum atomic E-state index is 0.340. The zero-order valence-electron chi connectivity index (χ0n) is 10.2.